The lowest BCUT2D eigenvalue weighted by Gasteiger charge is -2.16. The molecule has 148 valence electrons. The van der Waals surface area contributed by atoms with E-state index in [4.69, 9.17) is 4.98 Å². The van der Waals surface area contributed by atoms with Gasteiger partial charge in [-0.1, -0.05) is 24.3 Å². The van der Waals surface area contributed by atoms with Crippen LogP contribution in [0.2, 0.25) is 0 Å². The first-order valence-corrected chi connectivity index (χ1v) is 9.62. The smallest absolute Gasteiger partial charge is 0.210 e. The second kappa shape index (κ2) is 7.79. The van der Waals surface area contributed by atoms with Crippen molar-refractivity contribution in [3.05, 3.63) is 60.9 Å². The van der Waals surface area contributed by atoms with Crippen molar-refractivity contribution in [3.63, 3.8) is 0 Å². The summed E-state index contributed by atoms with van der Waals surface area (Å²) in [4.78, 5) is 15.9. The Labute approximate surface area is 170 Å². The van der Waals surface area contributed by atoms with Crippen LogP contribution in [0.3, 0.4) is 0 Å². The number of aromatic nitrogens is 4. The second-order valence-electron chi connectivity index (χ2n) is 7.35. The van der Waals surface area contributed by atoms with E-state index in [1.165, 1.54) is 0 Å². The van der Waals surface area contributed by atoms with Gasteiger partial charge in [-0.05, 0) is 44.2 Å². The molecule has 0 aliphatic heterocycles. The van der Waals surface area contributed by atoms with Crippen molar-refractivity contribution < 1.29 is 0 Å². The van der Waals surface area contributed by atoms with Crippen LogP contribution in [0.15, 0.2) is 60.9 Å². The van der Waals surface area contributed by atoms with Crippen molar-refractivity contribution in [1.29, 1.82) is 0 Å². The molecule has 2 aromatic carbocycles. The minimum Gasteiger partial charge on any atom is -0.378 e. The van der Waals surface area contributed by atoms with E-state index in [0.29, 0.717) is 5.82 Å². The highest BCUT2D eigenvalue weighted by Gasteiger charge is 2.18. The van der Waals surface area contributed by atoms with Crippen LogP contribution < -0.4 is 15.5 Å². The van der Waals surface area contributed by atoms with E-state index in [-0.39, 0.29) is 6.04 Å². The molecule has 0 atom stereocenters. The summed E-state index contributed by atoms with van der Waals surface area (Å²) in [7, 11) is 4.05. The molecule has 4 aromatic rings. The van der Waals surface area contributed by atoms with Gasteiger partial charge in [0.1, 0.15) is 6.33 Å². The SMILES string of the molecule is CC(C)n1c(Nc2cccc(N(C)C)c2)nc2c(Nc3ccccc3)ncnc21. The summed E-state index contributed by atoms with van der Waals surface area (Å²) in [5, 5.41) is 6.81. The molecule has 2 aromatic heterocycles. The maximum absolute atomic E-state index is 4.85. The minimum absolute atomic E-state index is 0.180. The van der Waals surface area contributed by atoms with Crippen LogP contribution in [0, 0.1) is 0 Å². The summed E-state index contributed by atoms with van der Waals surface area (Å²) in [5.74, 6) is 1.42. The number of anilines is 5. The number of rotatable bonds is 6. The van der Waals surface area contributed by atoms with Gasteiger partial charge in [0, 0.05) is 37.2 Å². The quantitative estimate of drug-likeness (QED) is 0.487. The Morgan fingerprint density at radius 1 is 0.897 bits per heavy atom. The van der Waals surface area contributed by atoms with Gasteiger partial charge in [-0.25, -0.2) is 15.0 Å². The molecule has 0 saturated carbocycles. The lowest BCUT2D eigenvalue weighted by atomic mass is 10.2. The Bertz CT molecular complexity index is 1120. The number of nitrogens with zero attached hydrogens (tertiary/aromatic N) is 5. The van der Waals surface area contributed by atoms with Gasteiger partial charge >= 0.3 is 0 Å². The lowest BCUT2D eigenvalue weighted by Crippen LogP contribution is -2.09. The molecular weight excluding hydrogens is 362 g/mol. The van der Waals surface area contributed by atoms with Gasteiger partial charge in [-0.15, -0.1) is 0 Å². The molecule has 0 radical (unpaired) electrons. The third-order valence-corrected chi connectivity index (χ3v) is 4.65. The highest BCUT2D eigenvalue weighted by atomic mass is 15.3. The topological polar surface area (TPSA) is 70.9 Å². The lowest BCUT2D eigenvalue weighted by molar-refractivity contribution is 0.620. The number of benzene rings is 2. The Balaban J connectivity index is 1.77. The third-order valence-electron chi connectivity index (χ3n) is 4.65. The fraction of sp³-hybridized carbons (Fsp3) is 0.227. The van der Waals surface area contributed by atoms with Crippen LogP contribution in [-0.4, -0.2) is 33.6 Å². The standard InChI is InChI=1S/C22H25N7/c1-15(2)29-21-19(20(23-14-24-21)25-16-9-6-5-7-10-16)27-22(29)26-17-11-8-12-18(13-17)28(3)4/h5-15H,1-4H3,(H,26,27)(H,23,24,25). The number of hydrogen-bond donors (Lipinski definition) is 2. The number of para-hydroxylation sites is 1. The fourth-order valence-electron chi connectivity index (χ4n) is 3.23. The highest BCUT2D eigenvalue weighted by molar-refractivity contribution is 5.88. The molecule has 0 aliphatic rings. The molecule has 0 amide bonds. The van der Waals surface area contributed by atoms with Crippen molar-refractivity contribution >= 4 is 40.0 Å². The molecule has 0 bridgehead atoms. The molecule has 0 fully saturated rings. The van der Waals surface area contributed by atoms with Crippen molar-refractivity contribution in [2.24, 2.45) is 0 Å². The van der Waals surface area contributed by atoms with E-state index in [0.717, 1.165) is 34.2 Å². The molecule has 0 spiro atoms. The van der Waals surface area contributed by atoms with E-state index in [1.807, 2.05) is 56.6 Å². The summed E-state index contributed by atoms with van der Waals surface area (Å²) in [6, 6.07) is 18.4. The van der Waals surface area contributed by atoms with Crippen LogP contribution in [0.4, 0.5) is 28.8 Å². The predicted octanol–water partition coefficient (Wildman–Crippen LogP) is 4.96. The van der Waals surface area contributed by atoms with E-state index in [2.05, 4.69) is 56.0 Å². The Morgan fingerprint density at radius 2 is 1.66 bits per heavy atom. The Kier molecular flexibility index (Phi) is 5.03. The molecule has 29 heavy (non-hydrogen) atoms. The summed E-state index contributed by atoms with van der Waals surface area (Å²) in [6.45, 7) is 4.24. The largest absolute Gasteiger partial charge is 0.378 e. The summed E-state index contributed by atoms with van der Waals surface area (Å²) in [5.41, 5.74) is 4.57. The number of fused-ring (bicyclic) bond motifs is 1. The molecule has 7 heteroatoms. The summed E-state index contributed by atoms with van der Waals surface area (Å²) >= 11 is 0. The number of imidazole rings is 1. The van der Waals surface area contributed by atoms with Gasteiger partial charge in [0.2, 0.25) is 5.95 Å². The number of hydrogen-bond acceptors (Lipinski definition) is 6. The molecular formula is C22H25N7. The monoisotopic (exact) mass is 387 g/mol. The van der Waals surface area contributed by atoms with Gasteiger partial charge in [0.25, 0.3) is 0 Å². The zero-order valence-electron chi connectivity index (χ0n) is 17.1. The molecule has 7 nitrogen and oxygen atoms in total. The van der Waals surface area contributed by atoms with Crippen LogP contribution in [-0.2, 0) is 0 Å². The Hall–Kier alpha value is -3.61. The molecule has 4 rings (SSSR count). The van der Waals surface area contributed by atoms with Crippen LogP contribution >= 0.6 is 0 Å². The van der Waals surface area contributed by atoms with Gasteiger partial charge in [-0.3, -0.25) is 4.57 Å². The zero-order valence-corrected chi connectivity index (χ0v) is 17.1. The van der Waals surface area contributed by atoms with Crippen molar-refractivity contribution in [3.8, 4) is 0 Å². The number of nitrogens with one attached hydrogen (secondary N) is 2. The van der Waals surface area contributed by atoms with Crippen LogP contribution in [0.5, 0.6) is 0 Å². The first-order valence-electron chi connectivity index (χ1n) is 9.62. The summed E-state index contributed by atoms with van der Waals surface area (Å²) < 4.78 is 2.09. The van der Waals surface area contributed by atoms with Crippen LogP contribution in [0.25, 0.3) is 11.2 Å². The van der Waals surface area contributed by atoms with E-state index in [9.17, 15) is 0 Å². The fourth-order valence-corrected chi connectivity index (χ4v) is 3.23. The first kappa shape index (κ1) is 18.7. The van der Waals surface area contributed by atoms with Gasteiger partial charge in [0.05, 0.1) is 0 Å². The normalized spacial score (nSPS) is 11.1. The third kappa shape index (κ3) is 3.85. The average molecular weight is 387 g/mol. The maximum Gasteiger partial charge on any atom is 0.210 e. The average Bonchev–Trinajstić information content (AvgIpc) is 3.08. The van der Waals surface area contributed by atoms with Crippen LogP contribution in [0.1, 0.15) is 19.9 Å². The van der Waals surface area contributed by atoms with Crippen molar-refractivity contribution in [2.45, 2.75) is 19.9 Å². The van der Waals surface area contributed by atoms with E-state index < -0.39 is 0 Å². The molecule has 2 N–H and O–H groups in total. The highest BCUT2D eigenvalue weighted by Crippen LogP contribution is 2.30. The van der Waals surface area contributed by atoms with E-state index in [1.54, 1.807) is 6.33 Å². The maximum atomic E-state index is 4.85. The van der Waals surface area contributed by atoms with Gasteiger partial charge < -0.3 is 15.5 Å². The van der Waals surface area contributed by atoms with Crippen molar-refractivity contribution in [2.75, 3.05) is 29.6 Å². The molecule has 2 heterocycles. The molecule has 0 saturated heterocycles. The second-order valence-corrected chi connectivity index (χ2v) is 7.35. The van der Waals surface area contributed by atoms with Gasteiger partial charge in [-0.2, -0.15) is 0 Å². The minimum atomic E-state index is 0.180. The summed E-state index contributed by atoms with van der Waals surface area (Å²) in [6.07, 6.45) is 1.57. The Morgan fingerprint density at radius 3 is 2.38 bits per heavy atom. The zero-order chi connectivity index (χ0) is 20.4. The van der Waals surface area contributed by atoms with E-state index >= 15 is 0 Å². The molecule has 0 unspecified atom stereocenters. The first-order chi connectivity index (χ1) is 14.0. The van der Waals surface area contributed by atoms with Gasteiger partial charge in [0.15, 0.2) is 17.0 Å². The molecule has 0 aliphatic carbocycles. The predicted molar refractivity (Wildman–Crippen MR) is 119 cm³/mol. The van der Waals surface area contributed by atoms with Crippen molar-refractivity contribution in [1.82, 2.24) is 19.5 Å².